The molecule has 5 heteroatoms. The van der Waals surface area contributed by atoms with Crippen LogP contribution < -0.4 is 10.5 Å². The summed E-state index contributed by atoms with van der Waals surface area (Å²) in [5, 5.41) is 0. The predicted octanol–water partition coefficient (Wildman–Crippen LogP) is 4.51. The minimum Gasteiger partial charge on any atom is -0.493 e. The van der Waals surface area contributed by atoms with Crippen molar-refractivity contribution in [3.63, 3.8) is 0 Å². The van der Waals surface area contributed by atoms with Crippen LogP contribution in [0.25, 0.3) is 0 Å². The molecule has 0 aliphatic rings. The average molecular weight is 289 g/mol. The number of alkyl halides is 3. The Morgan fingerprint density at radius 2 is 1.80 bits per heavy atom. The summed E-state index contributed by atoms with van der Waals surface area (Å²) >= 11 is 0. The standard InChI is InChI=1S/C15H22F3NO/c1-2-3-4-5-6-9-20-14-8-7-13(15(16,17)18)10-12(14)11-19/h7-8,10H,2-6,9,11,19H2,1H3. The first-order chi connectivity index (χ1) is 9.49. The molecule has 0 amide bonds. The molecule has 0 fully saturated rings. The molecular weight excluding hydrogens is 267 g/mol. The molecule has 2 N–H and O–H groups in total. The molecule has 0 heterocycles. The van der Waals surface area contributed by atoms with Crippen LogP contribution in [-0.4, -0.2) is 6.61 Å². The second-order valence-corrected chi connectivity index (χ2v) is 4.79. The first kappa shape index (κ1) is 16.8. The summed E-state index contributed by atoms with van der Waals surface area (Å²) in [4.78, 5) is 0. The van der Waals surface area contributed by atoms with Gasteiger partial charge in [-0.3, -0.25) is 0 Å². The van der Waals surface area contributed by atoms with Gasteiger partial charge in [-0.2, -0.15) is 13.2 Å². The molecule has 1 aromatic rings. The predicted molar refractivity (Wildman–Crippen MR) is 73.6 cm³/mol. The van der Waals surface area contributed by atoms with Crippen molar-refractivity contribution < 1.29 is 17.9 Å². The zero-order chi connectivity index (χ0) is 15.0. The molecule has 0 aliphatic carbocycles. The van der Waals surface area contributed by atoms with Gasteiger partial charge in [0.2, 0.25) is 0 Å². The lowest BCUT2D eigenvalue weighted by Crippen LogP contribution is -2.09. The van der Waals surface area contributed by atoms with E-state index in [1.165, 1.54) is 18.9 Å². The summed E-state index contributed by atoms with van der Waals surface area (Å²) in [6.45, 7) is 2.70. The number of benzene rings is 1. The summed E-state index contributed by atoms with van der Waals surface area (Å²) in [7, 11) is 0. The fraction of sp³-hybridized carbons (Fsp3) is 0.600. The summed E-state index contributed by atoms with van der Waals surface area (Å²) in [6, 6.07) is 3.45. The summed E-state index contributed by atoms with van der Waals surface area (Å²) in [5.41, 5.74) is 5.20. The van der Waals surface area contributed by atoms with Crippen LogP contribution in [0.15, 0.2) is 18.2 Å². The van der Waals surface area contributed by atoms with Gasteiger partial charge >= 0.3 is 6.18 Å². The number of ether oxygens (including phenoxy) is 1. The minimum absolute atomic E-state index is 0.0368. The second kappa shape index (κ2) is 8.15. The number of nitrogens with two attached hydrogens (primary N) is 1. The Morgan fingerprint density at radius 3 is 2.40 bits per heavy atom. The average Bonchev–Trinajstić information content (AvgIpc) is 2.41. The SMILES string of the molecule is CCCCCCCOc1ccc(C(F)(F)F)cc1CN. The van der Waals surface area contributed by atoms with Crippen molar-refractivity contribution in [3.8, 4) is 5.75 Å². The van der Waals surface area contributed by atoms with Crippen molar-refractivity contribution in [1.29, 1.82) is 0 Å². The van der Waals surface area contributed by atoms with Crippen LogP contribution in [0.5, 0.6) is 5.75 Å². The molecule has 0 aromatic heterocycles. The highest BCUT2D eigenvalue weighted by Crippen LogP contribution is 2.32. The van der Waals surface area contributed by atoms with Gasteiger partial charge in [0.1, 0.15) is 5.75 Å². The third-order valence-corrected chi connectivity index (χ3v) is 3.11. The Morgan fingerprint density at radius 1 is 1.10 bits per heavy atom. The van der Waals surface area contributed by atoms with Crippen molar-refractivity contribution in [1.82, 2.24) is 0 Å². The van der Waals surface area contributed by atoms with Gasteiger partial charge in [-0.05, 0) is 24.6 Å². The van der Waals surface area contributed by atoms with Crippen LogP contribution in [0.1, 0.15) is 50.2 Å². The Bertz CT molecular complexity index is 405. The maximum atomic E-state index is 12.6. The molecule has 0 radical (unpaired) electrons. The lowest BCUT2D eigenvalue weighted by Gasteiger charge is -2.13. The second-order valence-electron chi connectivity index (χ2n) is 4.79. The van der Waals surface area contributed by atoms with E-state index in [-0.39, 0.29) is 6.54 Å². The summed E-state index contributed by atoms with van der Waals surface area (Å²) < 4.78 is 43.3. The van der Waals surface area contributed by atoms with Gasteiger partial charge in [-0.15, -0.1) is 0 Å². The van der Waals surface area contributed by atoms with Gasteiger partial charge in [0.25, 0.3) is 0 Å². The smallest absolute Gasteiger partial charge is 0.416 e. The Hall–Kier alpha value is -1.23. The molecule has 20 heavy (non-hydrogen) atoms. The van der Waals surface area contributed by atoms with Crippen molar-refractivity contribution in [2.75, 3.05) is 6.61 Å². The monoisotopic (exact) mass is 289 g/mol. The van der Waals surface area contributed by atoms with E-state index in [4.69, 9.17) is 10.5 Å². The highest BCUT2D eigenvalue weighted by atomic mass is 19.4. The molecule has 0 bridgehead atoms. The normalized spacial score (nSPS) is 11.7. The first-order valence-corrected chi connectivity index (χ1v) is 7.02. The third kappa shape index (κ3) is 5.41. The lowest BCUT2D eigenvalue weighted by molar-refractivity contribution is -0.137. The first-order valence-electron chi connectivity index (χ1n) is 7.02. The summed E-state index contributed by atoms with van der Waals surface area (Å²) in [5.74, 6) is 0.455. The quantitative estimate of drug-likeness (QED) is 0.714. The van der Waals surface area contributed by atoms with Crippen LogP contribution in [-0.2, 0) is 12.7 Å². The van der Waals surface area contributed by atoms with E-state index in [2.05, 4.69) is 6.92 Å². The zero-order valence-corrected chi connectivity index (χ0v) is 11.8. The van der Waals surface area contributed by atoms with Gasteiger partial charge in [0, 0.05) is 12.1 Å². The van der Waals surface area contributed by atoms with Crippen molar-refractivity contribution in [2.24, 2.45) is 5.73 Å². The van der Waals surface area contributed by atoms with Crippen LogP contribution in [0.2, 0.25) is 0 Å². The molecule has 114 valence electrons. The fourth-order valence-corrected chi connectivity index (χ4v) is 1.94. The number of hydrogen-bond donors (Lipinski definition) is 1. The van der Waals surface area contributed by atoms with Crippen LogP contribution in [0, 0.1) is 0 Å². The van der Waals surface area contributed by atoms with Crippen LogP contribution in [0.3, 0.4) is 0 Å². The largest absolute Gasteiger partial charge is 0.493 e. The van der Waals surface area contributed by atoms with E-state index in [1.807, 2.05) is 0 Å². The van der Waals surface area contributed by atoms with Gasteiger partial charge in [-0.1, -0.05) is 32.6 Å². The molecule has 1 aromatic carbocycles. The molecular formula is C15H22F3NO. The van der Waals surface area contributed by atoms with Crippen molar-refractivity contribution >= 4 is 0 Å². The topological polar surface area (TPSA) is 35.2 Å². The lowest BCUT2D eigenvalue weighted by atomic mass is 10.1. The Kier molecular flexibility index (Phi) is 6.85. The third-order valence-electron chi connectivity index (χ3n) is 3.11. The van der Waals surface area contributed by atoms with Gasteiger partial charge in [0.05, 0.1) is 12.2 Å². The maximum Gasteiger partial charge on any atom is 0.416 e. The van der Waals surface area contributed by atoms with E-state index >= 15 is 0 Å². The molecule has 0 spiro atoms. The van der Waals surface area contributed by atoms with Crippen molar-refractivity contribution in [3.05, 3.63) is 29.3 Å². The molecule has 0 atom stereocenters. The molecule has 0 saturated carbocycles. The van der Waals surface area contributed by atoms with E-state index in [9.17, 15) is 13.2 Å². The Balaban J connectivity index is 2.53. The van der Waals surface area contributed by atoms with Crippen LogP contribution in [0.4, 0.5) is 13.2 Å². The number of hydrogen-bond acceptors (Lipinski definition) is 2. The molecule has 1 rings (SSSR count). The zero-order valence-electron chi connectivity index (χ0n) is 11.8. The van der Waals surface area contributed by atoms with Gasteiger partial charge in [0.15, 0.2) is 0 Å². The highest BCUT2D eigenvalue weighted by molar-refractivity contribution is 5.38. The van der Waals surface area contributed by atoms with E-state index in [0.717, 1.165) is 31.4 Å². The number of halogens is 3. The molecule has 0 saturated heterocycles. The van der Waals surface area contributed by atoms with Gasteiger partial charge < -0.3 is 10.5 Å². The number of rotatable bonds is 8. The Labute approximate surface area is 118 Å². The number of unbranched alkanes of at least 4 members (excludes halogenated alkanes) is 4. The van der Waals surface area contributed by atoms with E-state index < -0.39 is 11.7 Å². The van der Waals surface area contributed by atoms with E-state index in [0.29, 0.717) is 17.9 Å². The molecule has 0 aliphatic heterocycles. The highest BCUT2D eigenvalue weighted by Gasteiger charge is 2.30. The van der Waals surface area contributed by atoms with Gasteiger partial charge in [-0.25, -0.2) is 0 Å². The molecule has 0 unspecified atom stereocenters. The summed E-state index contributed by atoms with van der Waals surface area (Å²) in [6.07, 6.45) is 1.18. The maximum absolute atomic E-state index is 12.6. The van der Waals surface area contributed by atoms with E-state index in [1.54, 1.807) is 0 Å². The molecule has 2 nitrogen and oxygen atoms in total. The fourth-order valence-electron chi connectivity index (χ4n) is 1.94. The van der Waals surface area contributed by atoms with Crippen molar-refractivity contribution in [2.45, 2.75) is 51.7 Å². The van der Waals surface area contributed by atoms with Crippen LogP contribution >= 0.6 is 0 Å². The minimum atomic E-state index is -4.34.